The van der Waals surface area contributed by atoms with Gasteiger partial charge in [0.05, 0.1) is 34.0 Å². The molecule has 2 N–H and O–H groups in total. The maximum atomic E-state index is 14.9. The average molecular weight is 433 g/mol. The summed E-state index contributed by atoms with van der Waals surface area (Å²) in [6.07, 6.45) is 2.95. The number of fused-ring (bicyclic) bond motifs is 7. The predicted octanol–water partition coefficient (Wildman–Crippen LogP) is 4.39. The van der Waals surface area contributed by atoms with Crippen LogP contribution in [-0.2, 0) is 6.54 Å². The Bertz CT molecular complexity index is 1740. The number of nitrogens with zero attached hydrogens (tertiary/aromatic N) is 2. The number of hydrogen-bond acceptors (Lipinski definition) is 6. The molecule has 5 aromatic heterocycles. The van der Waals surface area contributed by atoms with Crippen LogP contribution >= 0.6 is 11.3 Å². The Morgan fingerprint density at radius 2 is 2.06 bits per heavy atom. The van der Waals surface area contributed by atoms with E-state index in [1.165, 1.54) is 29.9 Å². The number of pyridine rings is 1. The Hall–Kier alpha value is -3.98. The number of furan rings is 1. The third-order valence-corrected chi connectivity index (χ3v) is 6.44. The molecular weight excluding hydrogens is 421 g/mol. The highest BCUT2D eigenvalue weighted by atomic mass is 32.1. The molecular formula is C22H12FN3O4S. The second-order valence-electron chi connectivity index (χ2n) is 7.10. The highest BCUT2D eigenvalue weighted by molar-refractivity contribution is 7.14. The van der Waals surface area contributed by atoms with Crippen molar-refractivity contribution in [3.05, 3.63) is 74.8 Å². The molecule has 0 atom stereocenters. The first-order valence-electron chi connectivity index (χ1n) is 9.31. The standard InChI is InChI=1S/C22H12FN3O4S/c23-13-8-14-17(19-11(13)5-7-29-19)16-12-2-1-6-25-21(12)30-22(28)18(16)26(14)9-10-3-4-15(31-10)20(24)27/h1-8H,9H2,(H2,24,27). The van der Waals surface area contributed by atoms with E-state index in [1.54, 1.807) is 34.9 Å². The van der Waals surface area contributed by atoms with E-state index in [0.717, 1.165) is 4.88 Å². The Kier molecular flexibility index (Phi) is 3.60. The normalized spacial score (nSPS) is 11.9. The monoisotopic (exact) mass is 433 g/mol. The van der Waals surface area contributed by atoms with Gasteiger partial charge in [-0.1, -0.05) is 0 Å². The van der Waals surface area contributed by atoms with Gasteiger partial charge in [0.1, 0.15) is 16.9 Å². The molecule has 0 radical (unpaired) electrons. The molecule has 0 aliphatic heterocycles. The first-order chi connectivity index (χ1) is 15.0. The van der Waals surface area contributed by atoms with Crippen LogP contribution in [0.5, 0.6) is 0 Å². The van der Waals surface area contributed by atoms with E-state index in [2.05, 4.69) is 4.98 Å². The van der Waals surface area contributed by atoms with Crippen molar-refractivity contribution >= 4 is 61.1 Å². The number of benzene rings is 1. The van der Waals surface area contributed by atoms with Gasteiger partial charge in [0.25, 0.3) is 5.91 Å². The van der Waals surface area contributed by atoms with Crippen molar-refractivity contribution in [3.8, 4) is 0 Å². The molecule has 0 bridgehead atoms. The molecule has 0 unspecified atom stereocenters. The van der Waals surface area contributed by atoms with Crippen LogP contribution in [0.25, 0.3) is 43.9 Å². The zero-order chi connectivity index (χ0) is 21.3. The Morgan fingerprint density at radius 3 is 2.87 bits per heavy atom. The Labute approximate surface area is 176 Å². The fourth-order valence-electron chi connectivity index (χ4n) is 4.09. The smallest absolute Gasteiger partial charge is 0.362 e. The minimum atomic E-state index is -0.593. The van der Waals surface area contributed by atoms with Gasteiger partial charge in [-0.15, -0.1) is 11.3 Å². The summed E-state index contributed by atoms with van der Waals surface area (Å²) in [6, 6.07) is 9.87. The van der Waals surface area contributed by atoms with E-state index < -0.39 is 17.3 Å². The molecule has 0 aliphatic carbocycles. The van der Waals surface area contributed by atoms with E-state index in [9.17, 15) is 14.0 Å². The zero-order valence-electron chi connectivity index (χ0n) is 15.7. The minimum Gasteiger partial charge on any atom is -0.463 e. The van der Waals surface area contributed by atoms with Crippen LogP contribution < -0.4 is 11.4 Å². The highest BCUT2D eigenvalue weighted by Crippen LogP contribution is 2.39. The van der Waals surface area contributed by atoms with Gasteiger partial charge in [0.2, 0.25) is 5.71 Å². The molecule has 0 fully saturated rings. The molecule has 6 rings (SSSR count). The maximum Gasteiger partial charge on any atom is 0.362 e. The maximum absolute atomic E-state index is 14.9. The molecule has 0 spiro atoms. The lowest BCUT2D eigenvalue weighted by Crippen LogP contribution is -2.09. The predicted molar refractivity (Wildman–Crippen MR) is 115 cm³/mol. The number of amides is 1. The number of nitrogens with two attached hydrogens (primary N) is 1. The van der Waals surface area contributed by atoms with Gasteiger partial charge in [-0.05, 0) is 36.4 Å². The molecule has 9 heteroatoms. The van der Waals surface area contributed by atoms with Gasteiger partial charge in [0.15, 0.2) is 0 Å². The summed E-state index contributed by atoms with van der Waals surface area (Å²) in [7, 11) is 0. The van der Waals surface area contributed by atoms with Crippen LogP contribution in [0.15, 0.2) is 62.5 Å². The lowest BCUT2D eigenvalue weighted by Gasteiger charge is -2.05. The van der Waals surface area contributed by atoms with Gasteiger partial charge in [-0.2, -0.15) is 0 Å². The molecule has 6 aromatic rings. The molecule has 5 heterocycles. The summed E-state index contributed by atoms with van der Waals surface area (Å²) >= 11 is 1.22. The lowest BCUT2D eigenvalue weighted by atomic mass is 10.1. The van der Waals surface area contributed by atoms with Gasteiger partial charge < -0.3 is 19.1 Å². The topological polar surface area (TPSA) is 104 Å². The fraction of sp³-hybridized carbons (Fsp3) is 0.0455. The lowest BCUT2D eigenvalue weighted by molar-refractivity contribution is 0.100. The van der Waals surface area contributed by atoms with E-state index in [0.29, 0.717) is 37.5 Å². The number of thiophene rings is 1. The molecule has 7 nitrogen and oxygen atoms in total. The molecule has 152 valence electrons. The first-order valence-corrected chi connectivity index (χ1v) is 10.1. The quantitative estimate of drug-likeness (QED) is 0.446. The van der Waals surface area contributed by atoms with Crippen molar-refractivity contribution in [2.45, 2.75) is 6.54 Å². The molecule has 0 aliphatic rings. The largest absolute Gasteiger partial charge is 0.463 e. The van der Waals surface area contributed by atoms with Crippen LogP contribution in [0.3, 0.4) is 0 Å². The van der Waals surface area contributed by atoms with Crippen molar-refractivity contribution in [1.82, 2.24) is 9.55 Å². The van der Waals surface area contributed by atoms with Crippen molar-refractivity contribution in [2.75, 3.05) is 0 Å². The van der Waals surface area contributed by atoms with Crippen LogP contribution in [0.1, 0.15) is 14.5 Å². The summed E-state index contributed by atoms with van der Waals surface area (Å²) in [6.45, 7) is 0.222. The number of carbonyl (C=O) groups is 1. The van der Waals surface area contributed by atoms with Crippen LogP contribution in [0.4, 0.5) is 4.39 Å². The third kappa shape index (κ3) is 2.47. The second-order valence-corrected chi connectivity index (χ2v) is 8.27. The third-order valence-electron chi connectivity index (χ3n) is 5.36. The second kappa shape index (κ2) is 6.26. The van der Waals surface area contributed by atoms with Crippen molar-refractivity contribution in [1.29, 1.82) is 0 Å². The number of rotatable bonds is 3. The van der Waals surface area contributed by atoms with Gasteiger partial charge in [0, 0.05) is 21.8 Å². The molecule has 31 heavy (non-hydrogen) atoms. The van der Waals surface area contributed by atoms with Gasteiger partial charge in [-0.3, -0.25) is 4.79 Å². The number of hydrogen-bond donors (Lipinski definition) is 1. The SMILES string of the molecule is NC(=O)c1ccc(Cn2c3cc(F)c4ccoc4c3c3c4cccnc4oc(=O)c32)s1. The van der Waals surface area contributed by atoms with Crippen LogP contribution in [-0.4, -0.2) is 15.5 Å². The van der Waals surface area contributed by atoms with Crippen molar-refractivity contribution in [2.24, 2.45) is 5.73 Å². The zero-order valence-corrected chi connectivity index (χ0v) is 16.5. The van der Waals surface area contributed by atoms with E-state index in [1.807, 2.05) is 0 Å². The molecule has 0 saturated heterocycles. The highest BCUT2D eigenvalue weighted by Gasteiger charge is 2.24. The van der Waals surface area contributed by atoms with E-state index >= 15 is 0 Å². The van der Waals surface area contributed by atoms with Gasteiger partial charge in [-0.25, -0.2) is 14.2 Å². The number of halogens is 1. The van der Waals surface area contributed by atoms with E-state index in [4.69, 9.17) is 14.6 Å². The van der Waals surface area contributed by atoms with Crippen LogP contribution in [0, 0.1) is 5.82 Å². The van der Waals surface area contributed by atoms with Crippen molar-refractivity contribution < 1.29 is 18.0 Å². The molecule has 1 amide bonds. The average Bonchev–Trinajstić information content (AvgIpc) is 3.47. The summed E-state index contributed by atoms with van der Waals surface area (Å²) in [5.41, 5.74) is 6.06. The minimum absolute atomic E-state index is 0.190. The van der Waals surface area contributed by atoms with Crippen molar-refractivity contribution in [3.63, 3.8) is 0 Å². The Balaban J connectivity index is 1.80. The summed E-state index contributed by atoms with van der Waals surface area (Å²) < 4.78 is 27.7. The molecule has 1 aromatic carbocycles. The number of aromatic nitrogens is 2. The fourth-order valence-corrected chi connectivity index (χ4v) is 4.94. The Morgan fingerprint density at radius 1 is 1.19 bits per heavy atom. The summed E-state index contributed by atoms with van der Waals surface area (Å²) in [5, 5.41) is 2.13. The number of primary amides is 1. The summed E-state index contributed by atoms with van der Waals surface area (Å²) in [4.78, 5) is 29.9. The first kappa shape index (κ1) is 17.8. The number of carbonyl (C=O) groups excluding carboxylic acids is 1. The van der Waals surface area contributed by atoms with Crippen LogP contribution in [0.2, 0.25) is 0 Å². The van der Waals surface area contributed by atoms with Gasteiger partial charge >= 0.3 is 5.63 Å². The van der Waals surface area contributed by atoms with E-state index in [-0.39, 0.29) is 17.8 Å². The summed E-state index contributed by atoms with van der Waals surface area (Å²) in [5.74, 6) is -0.991. The molecule has 0 saturated carbocycles.